The van der Waals surface area contributed by atoms with E-state index in [4.69, 9.17) is 10.5 Å². The molecule has 0 atom stereocenters. The van der Waals surface area contributed by atoms with Crippen molar-refractivity contribution in [3.05, 3.63) is 29.3 Å². The molecule has 0 unspecified atom stereocenters. The monoisotopic (exact) mass is 293 g/mol. The highest BCUT2D eigenvalue weighted by Crippen LogP contribution is 2.20. The molecule has 1 rings (SSSR count). The highest BCUT2D eigenvalue weighted by molar-refractivity contribution is 5.94. The third kappa shape index (κ3) is 6.76. The molecule has 116 valence electrons. The highest BCUT2D eigenvalue weighted by Gasteiger charge is 2.09. The fraction of sp³-hybridized carbons (Fsp3) is 0.467. The smallest absolute Gasteiger partial charge is 0.318 e. The number of primary amides is 1. The molecule has 0 saturated heterocycles. The molecule has 0 radical (unpaired) electrons. The summed E-state index contributed by atoms with van der Waals surface area (Å²) in [5.74, 6) is 0.612. The maximum atomic E-state index is 11.4. The van der Waals surface area contributed by atoms with Crippen molar-refractivity contribution >= 4 is 11.9 Å². The van der Waals surface area contributed by atoms with Gasteiger partial charge in [0.25, 0.3) is 5.91 Å². The molecule has 0 aliphatic heterocycles. The van der Waals surface area contributed by atoms with Gasteiger partial charge in [0, 0.05) is 12.1 Å². The molecule has 4 N–H and O–H groups in total. The number of nitrogens with two attached hydrogens (primary N) is 1. The van der Waals surface area contributed by atoms with Crippen molar-refractivity contribution < 1.29 is 14.3 Å². The van der Waals surface area contributed by atoms with Gasteiger partial charge < -0.3 is 15.8 Å². The van der Waals surface area contributed by atoms with Crippen LogP contribution in [0.25, 0.3) is 0 Å². The zero-order chi connectivity index (χ0) is 15.8. The maximum absolute atomic E-state index is 11.4. The van der Waals surface area contributed by atoms with Crippen LogP contribution in [0.2, 0.25) is 0 Å². The zero-order valence-electron chi connectivity index (χ0n) is 12.7. The molecule has 6 nitrogen and oxygen atoms in total. The summed E-state index contributed by atoms with van der Waals surface area (Å²) in [5.41, 5.74) is 6.96. The van der Waals surface area contributed by atoms with Crippen LogP contribution in [-0.2, 0) is 11.3 Å². The lowest BCUT2D eigenvalue weighted by Crippen LogP contribution is -2.38. The molecule has 0 saturated carbocycles. The Morgan fingerprint density at radius 2 is 2.05 bits per heavy atom. The van der Waals surface area contributed by atoms with Gasteiger partial charge in [0.1, 0.15) is 5.75 Å². The number of hydrogen-bond donors (Lipinski definition) is 3. The summed E-state index contributed by atoms with van der Waals surface area (Å²) in [5, 5.41) is 5.30. The van der Waals surface area contributed by atoms with Gasteiger partial charge in [-0.05, 0) is 25.5 Å². The molecule has 1 aromatic rings. The summed E-state index contributed by atoms with van der Waals surface area (Å²) in [6.45, 7) is 7.57. The Morgan fingerprint density at radius 1 is 1.33 bits per heavy atom. The van der Waals surface area contributed by atoms with Gasteiger partial charge in [-0.2, -0.15) is 0 Å². The lowest BCUT2D eigenvalue weighted by molar-refractivity contribution is -0.121. The minimum atomic E-state index is -0.883. The van der Waals surface area contributed by atoms with Crippen molar-refractivity contribution in [2.45, 2.75) is 27.3 Å². The third-order valence-electron chi connectivity index (χ3n) is 2.71. The van der Waals surface area contributed by atoms with Crippen molar-refractivity contribution in [2.24, 2.45) is 11.7 Å². The second kappa shape index (κ2) is 8.26. The van der Waals surface area contributed by atoms with Crippen molar-refractivity contribution in [3.63, 3.8) is 0 Å². The molecule has 0 heterocycles. The number of urea groups is 1. The summed E-state index contributed by atoms with van der Waals surface area (Å²) in [7, 11) is 0. The number of carbonyl (C=O) groups is 2. The molecule has 6 heteroatoms. The minimum Gasteiger partial charge on any atom is -0.483 e. The van der Waals surface area contributed by atoms with Gasteiger partial charge >= 0.3 is 6.03 Å². The standard InChI is InChI=1S/C15H23N3O3/c1-10(2)7-17-8-12-6-11(3)4-5-13(12)21-9-14(19)18-15(16)20/h4-6,10,17H,7-9H2,1-3H3,(H3,16,18,19,20). The van der Waals surface area contributed by atoms with Crippen LogP contribution in [0.15, 0.2) is 18.2 Å². The van der Waals surface area contributed by atoms with Gasteiger partial charge in [-0.25, -0.2) is 4.79 Å². The van der Waals surface area contributed by atoms with Crippen LogP contribution in [-0.4, -0.2) is 25.1 Å². The molecule has 0 aliphatic rings. The van der Waals surface area contributed by atoms with E-state index in [1.54, 1.807) is 0 Å². The number of rotatable bonds is 7. The summed E-state index contributed by atoms with van der Waals surface area (Å²) >= 11 is 0. The maximum Gasteiger partial charge on any atom is 0.318 e. The van der Waals surface area contributed by atoms with Gasteiger partial charge in [-0.15, -0.1) is 0 Å². The predicted molar refractivity (Wildman–Crippen MR) is 80.9 cm³/mol. The Hall–Kier alpha value is -2.08. The molecule has 0 fully saturated rings. The molecule has 0 aliphatic carbocycles. The minimum absolute atomic E-state index is 0.247. The van der Waals surface area contributed by atoms with E-state index in [1.807, 2.05) is 30.4 Å². The first-order valence-electron chi connectivity index (χ1n) is 6.90. The van der Waals surface area contributed by atoms with Crippen LogP contribution in [0.5, 0.6) is 5.75 Å². The average Bonchev–Trinajstić information content (AvgIpc) is 2.36. The predicted octanol–water partition coefficient (Wildman–Crippen LogP) is 1.31. The highest BCUT2D eigenvalue weighted by atomic mass is 16.5. The van der Waals surface area contributed by atoms with Gasteiger partial charge in [0.05, 0.1) is 0 Å². The average molecular weight is 293 g/mol. The largest absolute Gasteiger partial charge is 0.483 e. The number of carbonyl (C=O) groups excluding carboxylic acids is 2. The van der Waals surface area contributed by atoms with E-state index in [9.17, 15) is 9.59 Å². The van der Waals surface area contributed by atoms with Crippen molar-refractivity contribution in [2.75, 3.05) is 13.2 Å². The number of nitrogens with one attached hydrogen (secondary N) is 2. The Bertz CT molecular complexity index is 501. The van der Waals surface area contributed by atoms with E-state index in [0.717, 1.165) is 17.7 Å². The number of amides is 3. The summed E-state index contributed by atoms with van der Waals surface area (Å²) in [4.78, 5) is 21.9. The number of benzene rings is 1. The number of imide groups is 1. The van der Waals surface area contributed by atoms with Crippen LogP contribution in [0.1, 0.15) is 25.0 Å². The molecule has 0 spiro atoms. The molecular weight excluding hydrogens is 270 g/mol. The van der Waals surface area contributed by atoms with E-state index in [2.05, 4.69) is 19.2 Å². The first-order valence-corrected chi connectivity index (χ1v) is 6.90. The normalized spacial score (nSPS) is 10.5. The van der Waals surface area contributed by atoms with E-state index in [0.29, 0.717) is 18.2 Å². The summed E-state index contributed by atoms with van der Waals surface area (Å²) in [6, 6.07) is 4.85. The second-order valence-corrected chi connectivity index (χ2v) is 5.34. The van der Waals surface area contributed by atoms with E-state index >= 15 is 0 Å². The number of aryl methyl sites for hydroxylation is 1. The second-order valence-electron chi connectivity index (χ2n) is 5.34. The molecule has 3 amide bonds. The van der Waals surface area contributed by atoms with Gasteiger partial charge in [-0.3, -0.25) is 10.1 Å². The van der Waals surface area contributed by atoms with Crippen molar-refractivity contribution in [3.8, 4) is 5.75 Å². The molecule has 0 aromatic heterocycles. The Labute approximate surface area is 125 Å². The third-order valence-corrected chi connectivity index (χ3v) is 2.71. The Balaban J connectivity index is 2.63. The van der Waals surface area contributed by atoms with E-state index in [1.165, 1.54) is 0 Å². The molecule has 21 heavy (non-hydrogen) atoms. The van der Waals surface area contributed by atoms with Crippen LogP contribution >= 0.6 is 0 Å². The van der Waals surface area contributed by atoms with Gasteiger partial charge in [0.2, 0.25) is 0 Å². The fourth-order valence-electron chi connectivity index (χ4n) is 1.80. The molecule has 0 bridgehead atoms. The fourth-order valence-corrected chi connectivity index (χ4v) is 1.80. The van der Waals surface area contributed by atoms with Crippen LogP contribution in [0, 0.1) is 12.8 Å². The van der Waals surface area contributed by atoms with E-state index < -0.39 is 11.9 Å². The Morgan fingerprint density at radius 3 is 2.67 bits per heavy atom. The van der Waals surface area contributed by atoms with Gasteiger partial charge in [0.15, 0.2) is 6.61 Å². The SMILES string of the molecule is Cc1ccc(OCC(=O)NC(N)=O)c(CNCC(C)C)c1. The summed E-state index contributed by atoms with van der Waals surface area (Å²) < 4.78 is 5.45. The zero-order valence-corrected chi connectivity index (χ0v) is 12.7. The van der Waals surface area contributed by atoms with Gasteiger partial charge in [-0.1, -0.05) is 31.5 Å². The lowest BCUT2D eigenvalue weighted by Gasteiger charge is -2.13. The van der Waals surface area contributed by atoms with Crippen molar-refractivity contribution in [1.29, 1.82) is 0 Å². The van der Waals surface area contributed by atoms with Crippen LogP contribution in [0.4, 0.5) is 4.79 Å². The van der Waals surface area contributed by atoms with Crippen molar-refractivity contribution in [1.82, 2.24) is 10.6 Å². The quantitative estimate of drug-likeness (QED) is 0.706. The topological polar surface area (TPSA) is 93.4 Å². The van der Waals surface area contributed by atoms with Crippen LogP contribution < -0.4 is 21.1 Å². The first-order chi connectivity index (χ1) is 9.88. The Kier molecular flexibility index (Phi) is 6.68. The first kappa shape index (κ1) is 17.0. The lowest BCUT2D eigenvalue weighted by atomic mass is 10.1. The molecular formula is C15H23N3O3. The number of ether oxygens (including phenoxy) is 1. The summed E-state index contributed by atoms with van der Waals surface area (Å²) in [6.07, 6.45) is 0. The van der Waals surface area contributed by atoms with Crippen LogP contribution in [0.3, 0.4) is 0 Å². The molecule has 1 aromatic carbocycles. The number of hydrogen-bond acceptors (Lipinski definition) is 4. The van der Waals surface area contributed by atoms with E-state index in [-0.39, 0.29) is 6.61 Å².